The van der Waals surface area contributed by atoms with E-state index in [9.17, 15) is 0 Å². The summed E-state index contributed by atoms with van der Waals surface area (Å²) < 4.78 is 9.57. The molecule has 5 heteroatoms. The third-order valence-electron chi connectivity index (χ3n) is 8.16. The molecule has 1 heterocycles. The van der Waals surface area contributed by atoms with Crippen molar-refractivity contribution in [3.8, 4) is 5.75 Å². The van der Waals surface area contributed by atoms with Gasteiger partial charge in [-0.15, -0.1) is 0 Å². The average Bonchev–Trinajstić information content (AvgIpc) is 3.36. The Bertz CT molecular complexity index is 1370. The van der Waals surface area contributed by atoms with E-state index in [1.165, 1.54) is 16.7 Å². The van der Waals surface area contributed by atoms with Gasteiger partial charge in [-0.3, -0.25) is 4.99 Å². The fraction of sp³-hybridized carbons (Fsp3) is 0.564. The highest BCUT2D eigenvalue weighted by Gasteiger charge is 2.33. The highest BCUT2D eigenvalue weighted by atomic mass is 35.5. The maximum atomic E-state index is 7.34. The van der Waals surface area contributed by atoms with Crippen LogP contribution < -0.4 is 4.74 Å². The third kappa shape index (κ3) is 9.88. The summed E-state index contributed by atoms with van der Waals surface area (Å²) in [6.07, 6.45) is 5.91. The van der Waals surface area contributed by atoms with Crippen LogP contribution in [0.25, 0.3) is 0 Å². The predicted octanol–water partition coefficient (Wildman–Crippen LogP) is 12.4. The molecular formula is C39H56Cl2N2O. The van der Waals surface area contributed by atoms with E-state index in [1.807, 2.05) is 18.2 Å². The topological polar surface area (TPSA) is 26.5 Å². The number of rotatable bonds is 9. The van der Waals surface area contributed by atoms with E-state index in [0.717, 1.165) is 30.8 Å². The molecule has 0 amide bonds. The smallest absolute Gasteiger partial charge is 0.127 e. The maximum absolute atomic E-state index is 7.34. The summed E-state index contributed by atoms with van der Waals surface area (Å²) in [5.74, 6) is 1.18. The van der Waals surface area contributed by atoms with Gasteiger partial charge in [0.1, 0.15) is 17.5 Å². The van der Waals surface area contributed by atoms with Crippen molar-refractivity contribution in [1.82, 2.24) is 4.57 Å². The SMILES string of the molecule is CC(=Nc1c(Cl)cccc1Cl)C(CC(Cn1cccc1)Oc1c(C(C)(C)C)cc(C(C)(C)C)cc1C(C)(C)C)CC(C)(C)C. The first-order chi connectivity index (χ1) is 20.1. The van der Waals surface area contributed by atoms with E-state index in [1.54, 1.807) is 0 Å². The Labute approximate surface area is 278 Å². The molecule has 3 nitrogen and oxygen atoms in total. The highest BCUT2D eigenvalue weighted by Crippen LogP contribution is 2.44. The lowest BCUT2D eigenvalue weighted by Gasteiger charge is -2.36. The molecule has 2 atom stereocenters. The predicted molar refractivity (Wildman–Crippen MR) is 193 cm³/mol. The second-order valence-electron chi connectivity index (χ2n) is 16.8. The van der Waals surface area contributed by atoms with Crippen molar-refractivity contribution in [2.45, 2.75) is 132 Å². The monoisotopic (exact) mass is 638 g/mol. The van der Waals surface area contributed by atoms with Crippen molar-refractivity contribution < 1.29 is 4.74 Å². The molecule has 2 aromatic carbocycles. The van der Waals surface area contributed by atoms with Gasteiger partial charge < -0.3 is 9.30 Å². The standard InChI is InChI=1S/C39H56Cl2N2O/c1-26(42-34-32(40)17-16-18-33(34)41)27(24-36(2,3)4)21-29(25-43-19-14-15-20-43)44-35-30(38(8,9)10)22-28(37(5,6)7)23-31(35)39(11,12)13/h14-20,22-23,27,29H,21,24-25H2,1-13H3. The summed E-state index contributed by atoms with van der Waals surface area (Å²) in [5, 5.41) is 1.13. The van der Waals surface area contributed by atoms with Crippen molar-refractivity contribution in [3.63, 3.8) is 0 Å². The van der Waals surface area contributed by atoms with Gasteiger partial charge in [-0.05, 0) is 71.3 Å². The van der Waals surface area contributed by atoms with Crippen LogP contribution >= 0.6 is 23.2 Å². The lowest BCUT2D eigenvalue weighted by Crippen LogP contribution is -2.32. The van der Waals surface area contributed by atoms with Gasteiger partial charge in [0, 0.05) is 35.2 Å². The first kappa shape index (κ1) is 36.2. The van der Waals surface area contributed by atoms with Crippen molar-refractivity contribution >= 4 is 34.6 Å². The molecule has 242 valence electrons. The molecule has 0 aliphatic heterocycles. The van der Waals surface area contributed by atoms with Crippen molar-refractivity contribution in [2.24, 2.45) is 16.3 Å². The Hall–Kier alpha value is -2.23. The molecule has 0 N–H and O–H groups in total. The number of ether oxygens (including phenoxy) is 1. The van der Waals surface area contributed by atoms with Crippen molar-refractivity contribution in [2.75, 3.05) is 0 Å². The quantitative estimate of drug-likeness (QED) is 0.214. The minimum absolute atomic E-state index is 0.0223. The van der Waals surface area contributed by atoms with Gasteiger partial charge in [0.05, 0.1) is 16.6 Å². The molecule has 0 aliphatic rings. The summed E-state index contributed by atoms with van der Waals surface area (Å²) in [6.45, 7) is 30.4. The number of nitrogens with zero attached hydrogens (tertiary/aromatic N) is 2. The van der Waals surface area contributed by atoms with Gasteiger partial charge in [-0.2, -0.15) is 0 Å². The van der Waals surface area contributed by atoms with Crippen LogP contribution in [0.5, 0.6) is 5.75 Å². The molecule has 1 aromatic heterocycles. The second-order valence-corrected chi connectivity index (χ2v) is 17.6. The van der Waals surface area contributed by atoms with Crippen LogP contribution in [-0.2, 0) is 22.8 Å². The van der Waals surface area contributed by atoms with Gasteiger partial charge in [0.2, 0.25) is 0 Å². The molecule has 0 radical (unpaired) electrons. The molecule has 0 fully saturated rings. The van der Waals surface area contributed by atoms with Crippen LogP contribution in [-0.4, -0.2) is 16.4 Å². The van der Waals surface area contributed by atoms with Gasteiger partial charge in [-0.1, -0.05) is 124 Å². The Morgan fingerprint density at radius 1 is 0.773 bits per heavy atom. The Balaban J connectivity index is 2.19. The molecular weight excluding hydrogens is 583 g/mol. The minimum Gasteiger partial charge on any atom is -0.488 e. The Kier molecular flexibility index (Phi) is 11.2. The largest absolute Gasteiger partial charge is 0.488 e. The molecule has 0 saturated carbocycles. The lowest BCUT2D eigenvalue weighted by molar-refractivity contribution is 0.143. The van der Waals surface area contributed by atoms with Crippen molar-refractivity contribution in [3.05, 3.63) is 81.6 Å². The lowest BCUT2D eigenvalue weighted by atomic mass is 9.74. The molecule has 0 spiro atoms. The number of halogens is 2. The van der Waals surface area contributed by atoms with Gasteiger partial charge >= 0.3 is 0 Å². The number of aromatic nitrogens is 1. The fourth-order valence-electron chi connectivity index (χ4n) is 5.68. The molecule has 0 aliphatic carbocycles. The van der Waals surface area contributed by atoms with E-state index >= 15 is 0 Å². The van der Waals surface area contributed by atoms with Crippen LogP contribution in [0.15, 0.2) is 59.9 Å². The van der Waals surface area contributed by atoms with E-state index in [-0.39, 0.29) is 33.7 Å². The number of aliphatic imine (C=N–C) groups is 1. The summed E-state index contributed by atoms with van der Waals surface area (Å²) in [4.78, 5) is 5.04. The van der Waals surface area contributed by atoms with Gasteiger partial charge in [0.25, 0.3) is 0 Å². The molecule has 0 bridgehead atoms. The molecule has 44 heavy (non-hydrogen) atoms. The van der Waals surface area contributed by atoms with Crippen LogP contribution in [0, 0.1) is 11.3 Å². The highest BCUT2D eigenvalue weighted by molar-refractivity contribution is 6.38. The number of para-hydroxylation sites is 1. The Morgan fingerprint density at radius 2 is 1.27 bits per heavy atom. The van der Waals surface area contributed by atoms with Crippen LogP contribution in [0.1, 0.15) is 120 Å². The van der Waals surface area contributed by atoms with E-state index in [4.69, 9.17) is 32.9 Å². The van der Waals surface area contributed by atoms with Crippen molar-refractivity contribution in [1.29, 1.82) is 0 Å². The molecule has 0 saturated heterocycles. The first-order valence-electron chi connectivity index (χ1n) is 16.0. The number of hydrogen-bond donors (Lipinski definition) is 0. The van der Waals surface area contributed by atoms with Gasteiger partial charge in [0.15, 0.2) is 0 Å². The third-order valence-corrected chi connectivity index (χ3v) is 8.77. The van der Waals surface area contributed by atoms with Crippen LogP contribution in [0.4, 0.5) is 5.69 Å². The number of benzene rings is 2. The van der Waals surface area contributed by atoms with Crippen LogP contribution in [0.3, 0.4) is 0 Å². The average molecular weight is 640 g/mol. The Morgan fingerprint density at radius 3 is 1.70 bits per heavy atom. The summed E-state index contributed by atoms with van der Waals surface area (Å²) in [6, 6.07) is 14.5. The van der Waals surface area contributed by atoms with E-state index < -0.39 is 0 Å². The summed E-state index contributed by atoms with van der Waals surface area (Å²) >= 11 is 13.1. The van der Waals surface area contributed by atoms with Gasteiger partial charge in [-0.25, -0.2) is 0 Å². The summed E-state index contributed by atoms with van der Waals surface area (Å²) in [5.41, 5.74) is 5.42. The maximum Gasteiger partial charge on any atom is 0.127 e. The molecule has 2 unspecified atom stereocenters. The minimum atomic E-state index is -0.0996. The second kappa shape index (κ2) is 13.6. The zero-order valence-electron chi connectivity index (χ0n) is 29.5. The summed E-state index contributed by atoms with van der Waals surface area (Å²) in [7, 11) is 0. The molecule has 3 aromatic rings. The van der Waals surface area contributed by atoms with E-state index in [2.05, 4.69) is 131 Å². The molecule has 3 rings (SSSR count). The van der Waals surface area contributed by atoms with E-state index in [0.29, 0.717) is 15.7 Å². The zero-order chi connectivity index (χ0) is 33.3. The normalized spacial score (nSPS) is 14.9. The van der Waals surface area contributed by atoms with Crippen LogP contribution in [0.2, 0.25) is 10.0 Å². The fourth-order valence-corrected chi connectivity index (χ4v) is 6.16. The zero-order valence-corrected chi connectivity index (χ0v) is 31.0. The first-order valence-corrected chi connectivity index (χ1v) is 16.8. The number of hydrogen-bond acceptors (Lipinski definition) is 2.